The fraction of sp³-hybridized carbons (Fsp3) is 0.125. The summed E-state index contributed by atoms with van der Waals surface area (Å²) in [7, 11) is 3.83. The Bertz CT molecular complexity index is 692. The van der Waals surface area contributed by atoms with Gasteiger partial charge in [-0.2, -0.15) is 0 Å². The Hall–Kier alpha value is -2.82. The molecule has 0 saturated heterocycles. The van der Waals surface area contributed by atoms with Crippen LogP contribution in [0.25, 0.3) is 16.8 Å². The number of anilines is 1. The van der Waals surface area contributed by atoms with Gasteiger partial charge in [0, 0.05) is 37.0 Å². The molecule has 2 rings (SSSR count). The third-order valence-electron chi connectivity index (χ3n) is 2.93. The van der Waals surface area contributed by atoms with Crippen molar-refractivity contribution in [3.05, 3.63) is 54.8 Å². The lowest BCUT2D eigenvalue weighted by atomic mass is 10.0. The van der Waals surface area contributed by atoms with E-state index in [-0.39, 0.29) is 5.75 Å². The van der Waals surface area contributed by atoms with Gasteiger partial charge in [-0.05, 0) is 18.2 Å². The molecule has 21 heavy (non-hydrogen) atoms. The van der Waals surface area contributed by atoms with Crippen molar-refractivity contribution in [3.63, 3.8) is 0 Å². The van der Waals surface area contributed by atoms with Gasteiger partial charge in [0.15, 0.2) is 5.82 Å². The van der Waals surface area contributed by atoms with Crippen molar-refractivity contribution >= 4 is 11.4 Å². The lowest BCUT2D eigenvalue weighted by Gasteiger charge is -2.12. The highest BCUT2D eigenvalue weighted by atomic mass is 16.3. The van der Waals surface area contributed by atoms with Crippen LogP contribution in [0.2, 0.25) is 0 Å². The summed E-state index contributed by atoms with van der Waals surface area (Å²) in [5.41, 5.74) is 8.65. The van der Waals surface area contributed by atoms with Crippen LogP contribution in [-0.4, -0.2) is 34.3 Å². The van der Waals surface area contributed by atoms with Crippen molar-refractivity contribution in [3.8, 4) is 17.0 Å². The minimum atomic E-state index is 0.152. The fourth-order valence-corrected chi connectivity index (χ4v) is 1.96. The lowest BCUT2D eigenvalue weighted by Crippen LogP contribution is -2.05. The maximum atomic E-state index is 9.92. The summed E-state index contributed by atoms with van der Waals surface area (Å²) in [5.74, 6) is 0.474. The predicted octanol–water partition coefficient (Wildman–Crippen LogP) is 2.52. The smallest absolute Gasteiger partial charge is 0.154 e. The zero-order valence-corrected chi connectivity index (χ0v) is 12.1. The van der Waals surface area contributed by atoms with Gasteiger partial charge < -0.3 is 15.7 Å². The van der Waals surface area contributed by atoms with Crippen LogP contribution in [0.15, 0.2) is 49.2 Å². The zero-order valence-electron chi connectivity index (χ0n) is 12.1. The van der Waals surface area contributed by atoms with E-state index in [1.807, 2.05) is 31.3 Å². The van der Waals surface area contributed by atoms with Gasteiger partial charge >= 0.3 is 0 Å². The summed E-state index contributed by atoms with van der Waals surface area (Å²) in [6, 6.07) is 8.77. The van der Waals surface area contributed by atoms with E-state index >= 15 is 0 Å². The number of hydrogen-bond acceptors (Lipinski definition) is 5. The van der Waals surface area contributed by atoms with Gasteiger partial charge in [-0.3, -0.25) is 0 Å². The van der Waals surface area contributed by atoms with Gasteiger partial charge in [-0.15, -0.1) is 10.2 Å². The van der Waals surface area contributed by atoms with Crippen molar-refractivity contribution < 1.29 is 5.11 Å². The van der Waals surface area contributed by atoms with Crippen LogP contribution in [-0.2, 0) is 0 Å². The third kappa shape index (κ3) is 3.20. The molecule has 5 heteroatoms. The molecule has 0 unspecified atom stereocenters. The van der Waals surface area contributed by atoms with Crippen LogP contribution >= 0.6 is 0 Å². The molecule has 0 fully saturated rings. The average Bonchev–Trinajstić information content (AvgIpc) is 2.46. The summed E-state index contributed by atoms with van der Waals surface area (Å²) < 4.78 is 0. The Morgan fingerprint density at radius 1 is 1.29 bits per heavy atom. The highest BCUT2D eigenvalue weighted by Gasteiger charge is 2.11. The maximum absolute atomic E-state index is 9.92. The van der Waals surface area contributed by atoms with Crippen molar-refractivity contribution in [1.82, 2.24) is 15.1 Å². The summed E-state index contributed by atoms with van der Waals surface area (Å²) in [4.78, 5) is 1.90. The monoisotopic (exact) mass is 282 g/mol. The topological polar surface area (TPSA) is 75.3 Å². The van der Waals surface area contributed by atoms with Gasteiger partial charge in [0.2, 0.25) is 0 Å². The zero-order chi connectivity index (χ0) is 15.4. The summed E-state index contributed by atoms with van der Waals surface area (Å²) in [5, 5.41) is 18.0. The number of phenols is 1. The van der Waals surface area contributed by atoms with Crippen LogP contribution in [0.4, 0.5) is 5.82 Å². The van der Waals surface area contributed by atoms with Crippen LogP contribution in [0, 0.1) is 0 Å². The summed E-state index contributed by atoms with van der Waals surface area (Å²) in [6.07, 6.45) is 3.61. The Labute approximate surface area is 124 Å². The Kier molecular flexibility index (Phi) is 4.23. The van der Waals surface area contributed by atoms with E-state index in [4.69, 9.17) is 5.73 Å². The average molecular weight is 282 g/mol. The van der Waals surface area contributed by atoms with Crippen LogP contribution < -0.4 is 5.73 Å². The second-order valence-electron chi connectivity index (χ2n) is 4.80. The highest BCUT2D eigenvalue weighted by Crippen LogP contribution is 2.30. The molecule has 0 aliphatic rings. The Balaban J connectivity index is 2.57. The van der Waals surface area contributed by atoms with Gasteiger partial charge in [-0.1, -0.05) is 24.8 Å². The highest BCUT2D eigenvalue weighted by molar-refractivity contribution is 5.81. The van der Waals surface area contributed by atoms with E-state index < -0.39 is 0 Å². The van der Waals surface area contributed by atoms with Crippen LogP contribution in [0.1, 0.15) is 5.56 Å². The number of hydrogen-bond donors (Lipinski definition) is 2. The number of allylic oxidation sites excluding steroid dienone is 2. The number of aromatic nitrogens is 2. The standard InChI is InChI=1S/C16H18N4O/c1-4-11(10-20(2)3)13-9-14(18-19-16(13)17)12-7-5-6-8-15(12)21/h4-10,21H,1H2,2-3H3,(H2,17,19)/b11-10+. The molecule has 3 N–H and O–H groups in total. The molecule has 5 nitrogen and oxygen atoms in total. The van der Waals surface area contributed by atoms with Crippen LogP contribution in [0.3, 0.4) is 0 Å². The Morgan fingerprint density at radius 2 is 2.00 bits per heavy atom. The minimum Gasteiger partial charge on any atom is -0.507 e. The number of rotatable bonds is 4. The van der Waals surface area contributed by atoms with Gasteiger partial charge in [-0.25, -0.2) is 0 Å². The second-order valence-corrected chi connectivity index (χ2v) is 4.80. The molecule has 0 saturated carbocycles. The normalized spacial score (nSPS) is 11.2. The van der Waals surface area contributed by atoms with E-state index in [1.165, 1.54) is 0 Å². The van der Waals surface area contributed by atoms with E-state index in [0.717, 1.165) is 11.1 Å². The first-order valence-electron chi connectivity index (χ1n) is 6.45. The SMILES string of the molecule is C=C/C(=C\N(C)C)c1cc(-c2ccccc2O)nnc1N. The molecular formula is C16H18N4O. The predicted molar refractivity (Wildman–Crippen MR) is 85.4 cm³/mol. The minimum absolute atomic E-state index is 0.152. The van der Waals surface area contributed by atoms with Crippen molar-refractivity contribution in [2.45, 2.75) is 0 Å². The van der Waals surface area contributed by atoms with Gasteiger partial charge in [0.05, 0.1) is 5.69 Å². The number of nitrogen functional groups attached to an aromatic ring is 1. The molecular weight excluding hydrogens is 264 g/mol. The summed E-state index contributed by atoms with van der Waals surface area (Å²) in [6.45, 7) is 3.80. The van der Waals surface area contributed by atoms with Crippen LogP contribution in [0.5, 0.6) is 5.75 Å². The number of nitrogens with zero attached hydrogens (tertiary/aromatic N) is 3. The van der Waals surface area contributed by atoms with Crippen molar-refractivity contribution in [2.24, 2.45) is 0 Å². The van der Waals surface area contributed by atoms with Crippen molar-refractivity contribution in [1.29, 1.82) is 0 Å². The van der Waals surface area contributed by atoms with E-state index in [1.54, 1.807) is 30.3 Å². The summed E-state index contributed by atoms with van der Waals surface area (Å²) >= 11 is 0. The lowest BCUT2D eigenvalue weighted by molar-refractivity contribution is 0.477. The molecule has 0 spiro atoms. The first-order chi connectivity index (χ1) is 10.0. The number of aromatic hydroxyl groups is 1. The largest absolute Gasteiger partial charge is 0.507 e. The second kappa shape index (κ2) is 6.09. The maximum Gasteiger partial charge on any atom is 0.154 e. The molecule has 1 aromatic heterocycles. The quantitative estimate of drug-likeness (QED) is 0.843. The molecule has 1 heterocycles. The molecule has 0 amide bonds. The van der Waals surface area contributed by atoms with E-state index in [9.17, 15) is 5.11 Å². The molecule has 2 aromatic rings. The fourth-order valence-electron chi connectivity index (χ4n) is 1.96. The molecule has 0 radical (unpaired) electrons. The van der Waals surface area contributed by atoms with Gasteiger partial charge in [0.25, 0.3) is 0 Å². The molecule has 0 aliphatic heterocycles. The molecule has 0 atom stereocenters. The molecule has 108 valence electrons. The number of benzene rings is 1. The van der Waals surface area contributed by atoms with E-state index in [2.05, 4.69) is 16.8 Å². The first kappa shape index (κ1) is 14.6. The van der Waals surface area contributed by atoms with Gasteiger partial charge in [0.1, 0.15) is 5.75 Å². The Morgan fingerprint density at radius 3 is 2.62 bits per heavy atom. The number of nitrogens with two attached hydrogens (primary N) is 1. The molecule has 1 aromatic carbocycles. The van der Waals surface area contributed by atoms with Crippen molar-refractivity contribution in [2.75, 3.05) is 19.8 Å². The molecule has 0 aliphatic carbocycles. The number of phenolic OH excluding ortho intramolecular Hbond substituents is 1. The number of para-hydroxylation sites is 1. The van der Waals surface area contributed by atoms with E-state index in [0.29, 0.717) is 17.1 Å². The molecule has 0 bridgehead atoms. The third-order valence-corrected chi connectivity index (χ3v) is 2.93. The first-order valence-corrected chi connectivity index (χ1v) is 6.45.